The summed E-state index contributed by atoms with van der Waals surface area (Å²) in [5.74, 6) is 0. The zero-order valence-corrected chi connectivity index (χ0v) is 33.1. The molecule has 0 N–H and O–H groups in total. The molecule has 0 saturated heterocycles. The van der Waals surface area contributed by atoms with Crippen molar-refractivity contribution in [3.05, 3.63) is 206 Å². The monoisotopic (exact) mass is 740 g/mol. The first-order chi connectivity index (χ1) is 28.0. The Morgan fingerprint density at radius 3 is 1.51 bits per heavy atom. The summed E-state index contributed by atoms with van der Waals surface area (Å²) in [7, 11) is -1.99. The maximum absolute atomic E-state index is 2.60. The van der Waals surface area contributed by atoms with Crippen LogP contribution < -0.4 is 10.4 Å². The molecular weight excluding hydrogens is 701 g/mol. The molecule has 0 unspecified atom stereocenters. The molecule has 0 amide bonds. The molecule has 0 saturated carbocycles. The van der Waals surface area contributed by atoms with Crippen LogP contribution in [-0.4, -0.2) is 8.07 Å². The van der Waals surface area contributed by atoms with E-state index in [1.807, 2.05) is 0 Å². The molecule has 1 heteroatoms. The molecule has 0 spiro atoms. The van der Waals surface area contributed by atoms with E-state index >= 15 is 0 Å². The summed E-state index contributed by atoms with van der Waals surface area (Å²) in [5.41, 5.74) is 15.2. The lowest BCUT2D eigenvalue weighted by Crippen LogP contribution is -2.49. The minimum absolute atomic E-state index is 1.21. The van der Waals surface area contributed by atoms with Crippen LogP contribution >= 0.6 is 0 Å². The lowest BCUT2D eigenvalue weighted by atomic mass is 9.82. The lowest BCUT2D eigenvalue weighted by molar-refractivity contribution is 1.58. The number of hydrogen-bond acceptors (Lipinski definition) is 0. The van der Waals surface area contributed by atoms with Crippen LogP contribution in [0.1, 0.15) is 0 Å². The van der Waals surface area contributed by atoms with Gasteiger partial charge >= 0.3 is 0 Å². The van der Waals surface area contributed by atoms with Crippen molar-refractivity contribution < 1.29 is 0 Å². The summed E-state index contributed by atoms with van der Waals surface area (Å²) in [6.07, 6.45) is 0. The van der Waals surface area contributed by atoms with Gasteiger partial charge in [0.2, 0.25) is 0 Å². The van der Waals surface area contributed by atoms with Crippen LogP contribution in [0.5, 0.6) is 0 Å². The molecule has 0 atom stereocenters. The lowest BCUT2D eigenvalue weighted by Gasteiger charge is -2.23. The van der Waals surface area contributed by atoms with E-state index in [9.17, 15) is 0 Å². The van der Waals surface area contributed by atoms with E-state index in [0.717, 1.165) is 0 Å². The van der Waals surface area contributed by atoms with Crippen LogP contribution in [0, 0.1) is 0 Å². The van der Waals surface area contributed by atoms with Crippen LogP contribution in [-0.2, 0) is 0 Å². The predicted octanol–water partition coefficient (Wildman–Crippen LogP) is 14.3. The molecule has 10 aromatic carbocycles. The minimum Gasteiger partial charge on any atom is -0.0623 e. The second-order valence-corrected chi connectivity index (χ2v) is 20.4. The predicted molar refractivity (Wildman–Crippen MR) is 248 cm³/mol. The van der Waals surface area contributed by atoms with Crippen molar-refractivity contribution in [3.8, 4) is 66.8 Å². The number of benzene rings is 10. The average molecular weight is 741 g/mol. The Bertz CT molecular complexity index is 3110. The van der Waals surface area contributed by atoms with Gasteiger partial charge in [-0.15, -0.1) is 0 Å². The van der Waals surface area contributed by atoms with E-state index in [4.69, 9.17) is 0 Å². The summed E-state index contributed by atoms with van der Waals surface area (Å²) in [6.45, 7) is 5.06. The fourth-order valence-corrected chi connectivity index (χ4v) is 12.7. The Morgan fingerprint density at radius 2 is 0.789 bits per heavy atom. The molecule has 11 rings (SSSR count). The smallest absolute Gasteiger partial charge is 0.0623 e. The quantitative estimate of drug-likeness (QED) is 0.122. The Hall–Kier alpha value is -6.80. The van der Waals surface area contributed by atoms with Crippen LogP contribution in [0.25, 0.3) is 99.1 Å². The second kappa shape index (κ2) is 13.2. The topological polar surface area (TPSA) is 0 Å². The van der Waals surface area contributed by atoms with Crippen molar-refractivity contribution in [2.45, 2.75) is 13.1 Å². The Balaban J connectivity index is 1.31. The van der Waals surface area contributed by atoms with Crippen molar-refractivity contribution in [3.63, 3.8) is 0 Å². The first-order valence-electron chi connectivity index (χ1n) is 20.0. The van der Waals surface area contributed by atoms with Crippen molar-refractivity contribution >= 4 is 50.8 Å². The molecule has 0 nitrogen and oxygen atoms in total. The second-order valence-electron chi connectivity index (χ2n) is 16.0. The highest BCUT2D eigenvalue weighted by Crippen LogP contribution is 2.48. The normalized spacial score (nSPS) is 12.9. The summed E-state index contributed by atoms with van der Waals surface area (Å²) >= 11 is 0. The summed E-state index contributed by atoms with van der Waals surface area (Å²) in [6, 6.07) is 77.0. The van der Waals surface area contributed by atoms with Gasteiger partial charge in [-0.05, 0) is 140 Å². The maximum atomic E-state index is 2.60. The third kappa shape index (κ3) is 5.42. The van der Waals surface area contributed by atoms with E-state index in [1.54, 1.807) is 0 Å². The summed E-state index contributed by atoms with van der Waals surface area (Å²) < 4.78 is 0. The van der Waals surface area contributed by atoms with Gasteiger partial charge in [0.15, 0.2) is 0 Å². The fraction of sp³-hybridized carbons (Fsp3) is 0.0357. The average Bonchev–Trinajstić information content (AvgIpc) is 3.50. The number of hydrogen-bond donors (Lipinski definition) is 0. The van der Waals surface area contributed by atoms with Gasteiger partial charge in [0.25, 0.3) is 0 Å². The zero-order chi connectivity index (χ0) is 38.1. The van der Waals surface area contributed by atoms with E-state index in [0.29, 0.717) is 0 Å². The van der Waals surface area contributed by atoms with Gasteiger partial charge in [-0.1, -0.05) is 189 Å². The van der Waals surface area contributed by atoms with Crippen molar-refractivity contribution in [1.29, 1.82) is 0 Å². The van der Waals surface area contributed by atoms with Gasteiger partial charge in [-0.2, -0.15) is 0 Å². The maximum Gasteiger partial charge on any atom is 0.113 e. The van der Waals surface area contributed by atoms with Crippen molar-refractivity contribution in [1.82, 2.24) is 0 Å². The van der Waals surface area contributed by atoms with Crippen LogP contribution in [0.3, 0.4) is 0 Å². The third-order valence-electron chi connectivity index (χ3n) is 12.4. The Morgan fingerprint density at radius 1 is 0.263 bits per heavy atom. The number of fused-ring (bicyclic) bond motifs is 6. The molecule has 0 radical (unpaired) electrons. The van der Waals surface area contributed by atoms with Crippen molar-refractivity contribution in [2.24, 2.45) is 0 Å². The zero-order valence-electron chi connectivity index (χ0n) is 32.1. The Labute approximate surface area is 335 Å². The first kappa shape index (κ1) is 33.5. The molecule has 10 aromatic rings. The molecule has 0 fully saturated rings. The minimum atomic E-state index is -1.99. The van der Waals surface area contributed by atoms with Gasteiger partial charge in [0, 0.05) is 0 Å². The van der Waals surface area contributed by atoms with E-state index < -0.39 is 8.07 Å². The largest absolute Gasteiger partial charge is 0.113 e. The molecule has 57 heavy (non-hydrogen) atoms. The SMILES string of the molecule is C[Si]1(C)c2ccccc2-c2cc3c(-c4cc(-c5ccccc5)cc(-c5ccccc5)c4)c4ccc(-c5cccc6ccccc56)cc4c(-c4ccccc4)c3cc21. The first-order valence-corrected chi connectivity index (χ1v) is 23.0. The highest BCUT2D eigenvalue weighted by molar-refractivity contribution is 7.04. The Kier molecular flexibility index (Phi) is 7.74. The third-order valence-corrected chi connectivity index (χ3v) is 16.0. The molecular formula is C56H40Si. The van der Waals surface area contributed by atoms with Crippen LogP contribution in [0.4, 0.5) is 0 Å². The summed E-state index contributed by atoms with van der Waals surface area (Å²) in [4.78, 5) is 0. The standard InChI is InChI=1S/C56H40Si/c1-57(2)53-28-15-14-26-47(53)49-35-51-52(36-54(49)57)55(40-22-10-5-11-23-40)50-34-41(46-27-16-24-39-21-12-13-25-45(39)46)29-30-48(50)56(51)44-32-42(37-17-6-3-7-18-37)31-43(33-44)38-19-8-4-9-20-38/h3-36H,1-2H3. The van der Waals surface area contributed by atoms with E-state index in [1.165, 1.54) is 109 Å². The van der Waals surface area contributed by atoms with Gasteiger partial charge in [0.05, 0.1) is 0 Å². The molecule has 1 aliphatic rings. The van der Waals surface area contributed by atoms with Crippen LogP contribution in [0.2, 0.25) is 13.1 Å². The molecule has 0 aromatic heterocycles. The van der Waals surface area contributed by atoms with E-state index in [2.05, 4.69) is 219 Å². The van der Waals surface area contributed by atoms with Crippen molar-refractivity contribution in [2.75, 3.05) is 0 Å². The van der Waals surface area contributed by atoms with Gasteiger partial charge < -0.3 is 0 Å². The molecule has 0 aliphatic carbocycles. The van der Waals surface area contributed by atoms with Gasteiger partial charge in [-0.25, -0.2) is 0 Å². The van der Waals surface area contributed by atoms with Gasteiger partial charge in [-0.3, -0.25) is 0 Å². The molecule has 1 aliphatic heterocycles. The van der Waals surface area contributed by atoms with Crippen LogP contribution in [0.15, 0.2) is 206 Å². The highest BCUT2D eigenvalue weighted by atomic mass is 28.3. The molecule has 268 valence electrons. The number of rotatable bonds is 5. The fourth-order valence-electron chi connectivity index (χ4n) is 9.66. The summed E-state index contributed by atoms with van der Waals surface area (Å²) in [5, 5.41) is 10.7. The van der Waals surface area contributed by atoms with Gasteiger partial charge in [0.1, 0.15) is 8.07 Å². The van der Waals surface area contributed by atoms with E-state index in [-0.39, 0.29) is 0 Å². The highest BCUT2D eigenvalue weighted by Gasteiger charge is 2.38. The molecule has 0 bridgehead atoms. The molecule has 1 heterocycles.